The first-order valence-electron chi connectivity index (χ1n) is 5.70. The van der Waals surface area contributed by atoms with E-state index in [1.807, 2.05) is 24.3 Å². The minimum atomic E-state index is -0.374. The van der Waals surface area contributed by atoms with Crippen molar-refractivity contribution < 1.29 is 9.53 Å². The second-order valence-corrected chi connectivity index (χ2v) is 3.86. The molecule has 0 saturated carbocycles. The van der Waals surface area contributed by atoms with Gasteiger partial charge in [-0.2, -0.15) is 0 Å². The fourth-order valence-corrected chi connectivity index (χ4v) is 2.00. The molecular formula is C13H11N3O2. The number of ether oxygens (including phenoxy) is 1. The summed E-state index contributed by atoms with van der Waals surface area (Å²) >= 11 is 0. The number of fused-ring (bicyclic) bond motifs is 3. The molecule has 0 spiro atoms. The minimum absolute atomic E-state index is 0.339. The lowest BCUT2D eigenvalue weighted by molar-refractivity contribution is 0.0528. The molecule has 0 aliphatic rings. The van der Waals surface area contributed by atoms with Crippen LogP contribution in [-0.2, 0) is 4.74 Å². The zero-order valence-corrected chi connectivity index (χ0v) is 9.83. The number of carbonyl (C=O) groups excluding carboxylic acids is 1. The highest BCUT2D eigenvalue weighted by Crippen LogP contribution is 2.20. The Morgan fingerprint density at radius 2 is 2.22 bits per heavy atom. The van der Waals surface area contributed by atoms with Crippen molar-refractivity contribution in [2.45, 2.75) is 6.92 Å². The number of hydrogen-bond acceptors (Lipinski definition) is 4. The fraction of sp³-hybridized carbons (Fsp3) is 0.154. The third kappa shape index (κ3) is 1.52. The molecular weight excluding hydrogens is 230 g/mol. The summed E-state index contributed by atoms with van der Waals surface area (Å²) in [5, 5.41) is 8.80. The van der Waals surface area contributed by atoms with Crippen LogP contribution >= 0.6 is 0 Å². The number of esters is 1. The molecule has 0 radical (unpaired) electrons. The maximum Gasteiger partial charge on any atom is 0.342 e. The summed E-state index contributed by atoms with van der Waals surface area (Å²) in [6.45, 7) is 2.12. The van der Waals surface area contributed by atoms with Crippen LogP contribution in [0.25, 0.3) is 16.6 Å². The van der Waals surface area contributed by atoms with Crippen LogP contribution in [0.1, 0.15) is 17.3 Å². The van der Waals surface area contributed by atoms with E-state index in [2.05, 4.69) is 10.2 Å². The first kappa shape index (κ1) is 10.7. The maximum absolute atomic E-state index is 11.9. The summed E-state index contributed by atoms with van der Waals surface area (Å²) in [6.07, 6.45) is 1.60. The normalized spacial score (nSPS) is 10.9. The van der Waals surface area contributed by atoms with E-state index in [-0.39, 0.29) is 5.97 Å². The van der Waals surface area contributed by atoms with E-state index in [9.17, 15) is 4.79 Å². The quantitative estimate of drug-likeness (QED) is 0.644. The molecule has 2 aromatic heterocycles. The Balaban J connectivity index is 2.35. The van der Waals surface area contributed by atoms with Crippen LogP contribution in [-0.4, -0.2) is 27.2 Å². The van der Waals surface area contributed by atoms with Crippen molar-refractivity contribution in [2.75, 3.05) is 6.61 Å². The Bertz CT molecular complexity index is 733. The van der Waals surface area contributed by atoms with E-state index in [0.29, 0.717) is 17.8 Å². The van der Waals surface area contributed by atoms with Crippen LogP contribution in [0, 0.1) is 0 Å². The van der Waals surface area contributed by atoms with Crippen LogP contribution < -0.4 is 0 Å². The van der Waals surface area contributed by atoms with E-state index in [4.69, 9.17) is 4.74 Å². The molecule has 0 saturated heterocycles. The highest BCUT2D eigenvalue weighted by Gasteiger charge is 2.15. The van der Waals surface area contributed by atoms with Gasteiger partial charge in [0.15, 0.2) is 5.65 Å². The average molecular weight is 241 g/mol. The lowest BCUT2D eigenvalue weighted by Crippen LogP contribution is -2.07. The SMILES string of the molecule is CCOC(=O)c1cc2ccccc2n2cnnc12. The van der Waals surface area contributed by atoms with E-state index < -0.39 is 0 Å². The number of hydrogen-bond donors (Lipinski definition) is 0. The molecule has 18 heavy (non-hydrogen) atoms. The highest BCUT2D eigenvalue weighted by molar-refractivity contribution is 6.00. The standard InChI is InChI=1S/C13H11N3O2/c1-2-18-13(17)10-7-9-5-3-4-6-11(9)16-8-14-15-12(10)16/h3-8H,2H2,1H3. The summed E-state index contributed by atoms with van der Waals surface area (Å²) in [6, 6.07) is 9.55. The lowest BCUT2D eigenvalue weighted by Gasteiger charge is -2.06. The van der Waals surface area contributed by atoms with Crippen molar-refractivity contribution in [3.8, 4) is 0 Å². The highest BCUT2D eigenvalue weighted by atomic mass is 16.5. The van der Waals surface area contributed by atoms with Gasteiger partial charge in [0, 0.05) is 0 Å². The summed E-state index contributed by atoms with van der Waals surface area (Å²) in [5.41, 5.74) is 1.92. The van der Waals surface area contributed by atoms with Crippen LogP contribution in [0.2, 0.25) is 0 Å². The van der Waals surface area contributed by atoms with Gasteiger partial charge in [-0.05, 0) is 24.4 Å². The number of benzene rings is 1. The Morgan fingerprint density at radius 3 is 3.06 bits per heavy atom. The molecule has 0 aliphatic heterocycles. The van der Waals surface area contributed by atoms with Crippen molar-refractivity contribution in [3.63, 3.8) is 0 Å². The molecule has 3 rings (SSSR count). The van der Waals surface area contributed by atoms with E-state index in [1.54, 1.807) is 23.7 Å². The average Bonchev–Trinajstić information content (AvgIpc) is 2.87. The van der Waals surface area contributed by atoms with Crippen LogP contribution in [0.15, 0.2) is 36.7 Å². The third-order valence-corrected chi connectivity index (χ3v) is 2.78. The maximum atomic E-state index is 11.9. The van der Waals surface area contributed by atoms with E-state index in [1.165, 1.54) is 0 Å². The lowest BCUT2D eigenvalue weighted by atomic mass is 10.1. The van der Waals surface area contributed by atoms with Gasteiger partial charge in [-0.1, -0.05) is 18.2 Å². The summed E-state index contributed by atoms with van der Waals surface area (Å²) in [4.78, 5) is 11.9. The van der Waals surface area contributed by atoms with Crippen LogP contribution in [0.3, 0.4) is 0 Å². The minimum Gasteiger partial charge on any atom is -0.462 e. The molecule has 5 nitrogen and oxygen atoms in total. The summed E-state index contributed by atoms with van der Waals surface area (Å²) in [7, 11) is 0. The van der Waals surface area contributed by atoms with Gasteiger partial charge in [0.2, 0.25) is 0 Å². The van der Waals surface area contributed by atoms with Crippen LogP contribution in [0.4, 0.5) is 0 Å². The number of aromatic nitrogens is 3. The Hall–Kier alpha value is -2.43. The Kier molecular flexibility index (Phi) is 2.44. The smallest absolute Gasteiger partial charge is 0.342 e. The molecule has 0 atom stereocenters. The molecule has 1 aromatic carbocycles. The predicted molar refractivity (Wildman–Crippen MR) is 66.4 cm³/mol. The van der Waals surface area contributed by atoms with Crippen LogP contribution in [0.5, 0.6) is 0 Å². The van der Waals surface area contributed by atoms with Crippen molar-refractivity contribution in [1.82, 2.24) is 14.6 Å². The molecule has 0 aliphatic carbocycles. The second kappa shape index (κ2) is 4.10. The molecule has 0 N–H and O–H groups in total. The Labute approximate surface area is 103 Å². The number of carbonyl (C=O) groups is 1. The number of para-hydroxylation sites is 1. The van der Waals surface area contributed by atoms with Crippen molar-refractivity contribution in [1.29, 1.82) is 0 Å². The zero-order valence-electron chi connectivity index (χ0n) is 9.83. The van der Waals surface area contributed by atoms with Gasteiger partial charge in [0.25, 0.3) is 0 Å². The number of pyridine rings is 1. The van der Waals surface area contributed by atoms with Gasteiger partial charge in [-0.3, -0.25) is 4.40 Å². The van der Waals surface area contributed by atoms with Gasteiger partial charge in [0.05, 0.1) is 12.1 Å². The van der Waals surface area contributed by atoms with Gasteiger partial charge in [-0.15, -0.1) is 10.2 Å². The van der Waals surface area contributed by atoms with E-state index >= 15 is 0 Å². The molecule has 0 bridgehead atoms. The van der Waals surface area contributed by atoms with E-state index in [0.717, 1.165) is 10.9 Å². The van der Waals surface area contributed by atoms with Crippen molar-refractivity contribution in [3.05, 3.63) is 42.2 Å². The summed E-state index contributed by atoms with van der Waals surface area (Å²) in [5.74, 6) is -0.374. The molecule has 3 aromatic rings. The molecule has 0 fully saturated rings. The molecule has 0 amide bonds. The number of rotatable bonds is 2. The van der Waals surface area contributed by atoms with Gasteiger partial charge >= 0.3 is 5.97 Å². The Morgan fingerprint density at radius 1 is 1.39 bits per heavy atom. The first-order valence-corrected chi connectivity index (χ1v) is 5.70. The predicted octanol–water partition coefficient (Wildman–Crippen LogP) is 2.06. The van der Waals surface area contributed by atoms with Gasteiger partial charge in [0.1, 0.15) is 11.9 Å². The molecule has 5 heteroatoms. The fourth-order valence-electron chi connectivity index (χ4n) is 2.00. The topological polar surface area (TPSA) is 56.5 Å². The van der Waals surface area contributed by atoms with Crippen molar-refractivity contribution in [2.24, 2.45) is 0 Å². The monoisotopic (exact) mass is 241 g/mol. The van der Waals surface area contributed by atoms with Gasteiger partial charge in [-0.25, -0.2) is 4.79 Å². The largest absolute Gasteiger partial charge is 0.462 e. The zero-order chi connectivity index (χ0) is 12.5. The number of nitrogens with zero attached hydrogens (tertiary/aromatic N) is 3. The van der Waals surface area contributed by atoms with Crippen molar-refractivity contribution >= 4 is 22.5 Å². The summed E-state index contributed by atoms with van der Waals surface area (Å²) < 4.78 is 6.83. The third-order valence-electron chi connectivity index (χ3n) is 2.78. The first-order chi connectivity index (χ1) is 8.81. The van der Waals surface area contributed by atoms with Gasteiger partial charge < -0.3 is 4.74 Å². The molecule has 90 valence electrons. The molecule has 2 heterocycles. The molecule has 0 unspecified atom stereocenters. The second-order valence-electron chi connectivity index (χ2n) is 3.86.